The Morgan fingerprint density at radius 1 is 1.64 bits per heavy atom. The number of hydrogen-bond acceptors (Lipinski definition) is 2. The van der Waals surface area contributed by atoms with Crippen LogP contribution in [0.15, 0.2) is 18.2 Å². The van der Waals surface area contributed by atoms with Crippen LogP contribution in [0.3, 0.4) is 0 Å². The molecule has 0 aliphatic heterocycles. The molecule has 1 aromatic carbocycles. The minimum absolute atomic E-state index is 0.338. The van der Waals surface area contributed by atoms with Gasteiger partial charge in [0.15, 0.2) is 6.10 Å². The molecule has 1 aromatic rings. The molecule has 0 N–H and O–H groups in total. The Balaban J connectivity index is 2.90. The summed E-state index contributed by atoms with van der Waals surface area (Å²) in [5.74, 6) is 2.91. The van der Waals surface area contributed by atoms with Gasteiger partial charge in [-0.3, -0.25) is 4.79 Å². The predicted molar refractivity (Wildman–Crippen MR) is 55.8 cm³/mol. The summed E-state index contributed by atoms with van der Waals surface area (Å²) in [5, 5.41) is 0.386. The first-order chi connectivity index (χ1) is 6.67. The van der Waals surface area contributed by atoms with Gasteiger partial charge in [-0.1, -0.05) is 17.5 Å². The molecular weight excluding hydrogens is 200 g/mol. The molecule has 2 nitrogen and oxygen atoms in total. The molecular formula is C11H9ClO2. The smallest absolute Gasteiger partial charge is 0.156 e. The average Bonchev–Trinajstić information content (AvgIpc) is 2.20. The highest BCUT2D eigenvalue weighted by Gasteiger charge is 2.05. The highest BCUT2D eigenvalue weighted by atomic mass is 35.5. The van der Waals surface area contributed by atoms with Crippen molar-refractivity contribution in [2.75, 3.05) is 0 Å². The summed E-state index contributed by atoms with van der Waals surface area (Å²) in [5.41, 5.74) is 0.510. The molecule has 0 aliphatic rings. The first-order valence-electron chi connectivity index (χ1n) is 4.05. The van der Waals surface area contributed by atoms with Crippen LogP contribution in [0.2, 0.25) is 5.02 Å². The van der Waals surface area contributed by atoms with E-state index in [-0.39, 0.29) is 6.10 Å². The van der Waals surface area contributed by atoms with Crippen LogP contribution in [-0.4, -0.2) is 12.4 Å². The number of carbonyl (C=O) groups excluding carboxylic acids is 1. The Morgan fingerprint density at radius 2 is 2.36 bits per heavy atom. The largest absolute Gasteiger partial charge is 0.477 e. The highest BCUT2D eigenvalue weighted by Crippen LogP contribution is 2.25. The van der Waals surface area contributed by atoms with Crippen molar-refractivity contribution in [1.82, 2.24) is 0 Å². The summed E-state index contributed by atoms with van der Waals surface area (Å²) in [6, 6.07) is 4.78. The van der Waals surface area contributed by atoms with E-state index >= 15 is 0 Å². The topological polar surface area (TPSA) is 26.3 Å². The first-order valence-corrected chi connectivity index (χ1v) is 4.42. The molecule has 0 spiro atoms. The first kappa shape index (κ1) is 10.6. The van der Waals surface area contributed by atoms with Gasteiger partial charge in [0.25, 0.3) is 0 Å². The molecule has 0 radical (unpaired) electrons. The maximum atomic E-state index is 10.4. The zero-order valence-electron chi connectivity index (χ0n) is 7.66. The van der Waals surface area contributed by atoms with Crippen molar-refractivity contribution in [3.63, 3.8) is 0 Å². The molecule has 0 fully saturated rings. The van der Waals surface area contributed by atoms with Gasteiger partial charge in [0.2, 0.25) is 0 Å². The number of carbonyl (C=O) groups is 1. The van der Waals surface area contributed by atoms with Crippen LogP contribution >= 0.6 is 11.6 Å². The molecule has 0 saturated heterocycles. The zero-order chi connectivity index (χ0) is 10.6. The van der Waals surface area contributed by atoms with E-state index in [1.54, 1.807) is 19.1 Å². The summed E-state index contributed by atoms with van der Waals surface area (Å²) in [6.45, 7) is 1.74. The molecule has 0 saturated carbocycles. The fourth-order valence-electron chi connectivity index (χ4n) is 0.910. The van der Waals surface area contributed by atoms with E-state index in [4.69, 9.17) is 22.8 Å². The van der Waals surface area contributed by atoms with Gasteiger partial charge in [0.05, 0.1) is 5.02 Å². The Bertz CT molecular complexity index is 379. The van der Waals surface area contributed by atoms with Crippen LogP contribution in [0, 0.1) is 12.3 Å². The lowest BCUT2D eigenvalue weighted by Gasteiger charge is -2.10. The average molecular weight is 209 g/mol. The van der Waals surface area contributed by atoms with Gasteiger partial charge in [-0.05, 0) is 25.1 Å². The predicted octanol–water partition coefficient (Wildman–Crippen LogP) is 2.55. The molecule has 1 atom stereocenters. The number of benzene rings is 1. The lowest BCUT2D eigenvalue weighted by Crippen LogP contribution is -2.08. The molecule has 1 rings (SSSR count). The van der Waals surface area contributed by atoms with Crippen LogP contribution < -0.4 is 4.74 Å². The minimum atomic E-state index is -0.338. The lowest BCUT2D eigenvalue weighted by molar-refractivity contribution is 0.112. The number of aldehydes is 1. The Kier molecular flexibility index (Phi) is 3.55. The van der Waals surface area contributed by atoms with Gasteiger partial charge < -0.3 is 4.74 Å². The number of halogens is 1. The molecule has 72 valence electrons. The van der Waals surface area contributed by atoms with Crippen LogP contribution in [-0.2, 0) is 0 Å². The third-order valence-corrected chi connectivity index (χ3v) is 1.93. The van der Waals surface area contributed by atoms with Gasteiger partial charge in [-0.15, -0.1) is 6.42 Å². The number of rotatable bonds is 3. The normalized spacial score (nSPS) is 11.5. The van der Waals surface area contributed by atoms with Gasteiger partial charge in [-0.2, -0.15) is 0 Å². The van der Waals surface area contributed by atoms with Gasteiger partial charge in [0, 0.05) is 5.56 Å². The van der Waals surface area contributed by atoms with E-state index in [0.717, 1.165) is 6.29 Å². The molecule has 0 aliphatic carbocycles. The van der Waals surface area contributed by atoms with Crippen LogP contribution in [0.1, 0.15) is 17.3 Å². The van der Waals surface area contributed by atoms with Crippen molar-refractivity contribution in [3.05, 3.63) is 28.8 Å². The second-order valence-corrected chi connectivity index (χ2v) is 3.14. The summed E-state index contributed by atoms with van der Waals surface area (Å²) in [7, 11) is 0. The van der Waals surface area contributed by atoms with Crippen LogP contribution in [0.5, 0.6) is 5.75 Å². The maximum Gasteiger partial charge on any atom is 0.156 e. The molecule has 0 amide bonds. The summed E-state index contributed by atoms with van der Waals surface area (Å²) >= 11 is 5.86. The van der Waals surface area contributed by atoms with Gasteiger partial charge >= 0.3 is 0 Å². The van der Waals surface area contributed by atoms with Gasteiger partial charge in [0.1, 0.15) is 12.0 Å². The van der Waals surface area contributed by atoms with E-state index in [1.807, 2.05) is 0 Å². The standard InChI is InChI=1S/C11H9ClO2/c1-3-8(2)14-11-5-4-9(7-13)6-10(11)12/h1,4-8H,2H3. The monoisotopic (exact) mass is 208 g/mol. The fourth-order valence-corrected chi connectivity index (χ4v) is 1.14. The minimum Gasteiger partial charge on any atom is -0.477 e. The van der Waals surface area contributed by atoms with E-state index in [1.165, 1.54) is 6.07 Å². The van der Waals surface area contributed by atoms with Gasteiger partial charge in [-0.25, -0.2) is 0 Å². The van der Waals surface area contributed by atoms with E-state index < -0.39 is 0 Å². The van der Waals surface area contributed by atoms with Crippen molar-refractivity contribution < 1.29 is 9.53 Å². The number of terminal acetylenes is 1. The third-order valence-electron chi connectivity index (χ3n) is 1.63. The Labute approximate surface area is 87.8 Å². The second-order valence-electron chi connectivity index (χ2n) is 2.73. The molecule has 0 heterocycles. The SMILES string of the molecule is C#CC(C)Oc1ccc(C=O)cc1Cl. The summed E-state index contributed by atoms with van der Waals surface area (Å²) in [6.07, 6.45) is 5.54. The van der Waals surface area contributed by atoms with Crippen molar-refractivity contribution in [2.45, 2.75) is 13.0 Å². The van der Waals surface area contributed by atoms with Crippen molar-refractivity contribution in [3.8, 4) is 18.1 Å². The van der Waals surface area contributed by atoms with E-state index in [0.29, 0.717) is 16.3 Å². The molecule has 0 bridgehead atoms. The lowest BCUT2D eigenvalue weighted by atomic mass is 10.2. The van der Waals surface area contributed by atoms with E-state index in [9.17, 15) is 4.79 Å². The second kappa shape index (κ2) is 4.69. The Morgan fingerprint density at radius 3 is 2.86 bits per heavy atom. The fraction of sp³-hybridized carbons (Fsp3) is 0.182. The van der Waals surface area contributed by atoms with Crippen molar-refractivity contribution in [2.24, 2.45) is 0 Å². The summed E-state index contributed by atoms with van der Waals surface area (Å²) < 4.78 is 5.31. The number of ether oxygens (including phenoxy) is 1. The molecule has 14 heavy (non-hydrogen) atoms. The van der Waals surface area contributed by atoms with Crippen molar-refractivity contribution in [1.29, 1.82) is 0 Å². The maximum absolute atomic E-state index is 10.4. The number of hydrogen-bond donors (Lipinski definition) is 0. The molecule has 3 heteroatoms. The van der Waals surface area contributed by atoms with E-state index in [2.05, 4.69) is 5.92 Å². The summed E-state index contributed by atoms with van der Waals surface area (Å²) in [4.78, 5) is 10.4. The van der Waals surface area contributed by atoms with Crippen LogP contribution in [0.25, 0.3) is 0 Å². The molecule has 0 aromatic heterocycles. The van der Waals surface area contributed by atoms with Crippen LogP contribution in [0.4, 0.5) is 0 Å². The quantitative estimate of drug-likeness (QED) is 0.564. The van der Waals surface area contributed by atoms with Crippen molar-refractivity contribution >= 4 is 17.9 Å². The third kappa shape index (κ3) is 2.51. The molecule has 1 unspecified atom stereocenters. The Hall–Kier alpha value is -1.46. The zero-order valence-corrected chi connectivity index (χ0v) is 8.41. The highest BCUT2D eigenvalue weighted by molar-refractivity contribution is 6.32.